The molecule has 7 heteroatoms. The van der Waals surface area contributed by atoms with E-state index in [0.717, 1.165) is 47.2 Å². The van der Waals surface area contributed by atoms with E-state index < -0.39 is 0 Å². The Morgan fingerprint density at radius 2 is 1.94 bits per heavy atom. The number of hydrogen-bond donors (Lipinski definition) is 0. The van der Waals surface area contributed by atoms with Gasteiger partial charge in [0.25, 0.3) is 0 Å². The number of piperidine rings is 1. The molecular formula is C26H27N5O2. The number of pyridine rings is 2. The third kappa shape index (κ3) is 4.44. The van der Waals surface area contributed by atoms with E-state index in [2.05, 4.69) is 22.1 Å². The predicted octanol–water partition coefficient (Wildman–Crippen LogP) is 4.49. The second-order valence-electron chi connectivity index (χ2n) is 8.34. The fourth-order valence-corrected chi connectivity index (χ4v) is 4.31. The molecule has 1 saturated heterocycles. The van der Waals surface area contributed by atoms with Crippen LogP contribution >= 0.6 is 0 Å². The number of hydrogen-bond acceptors (Lipinski definition) is 5. The van der Waals surface area contributed by atoms with Crippen LogP contribution in [-0.2, 0) is 4.79 Å². The molecular weight excluding hydrogens is 414 g/mol. The number of ether oxygens (including phenoxy) is 1. The van der Waals surface area contributed by atoms with Crippen molar-refractivity contribution in [2.45, 2.75) is 32.1 Å². The second kappa shape index (κ2) is 9.40. The first-order valence-electron chi connectivity index (χ1n) is 11.5. The molecule has 4 aromatic rings. The highest BCUT2D eigenvalue weighted by atomic mass is 16.5. The lowest BCUT2D eigenvalue weighted by atomic mass is 9.96. The van der Waals surface area contributed by atoms with Crippen LogP contribution in [0.1, 0.15) is 43.5 Å². The lowest BCUT2D eigenvalue weighted by Crippen LogP contribution is -2.37. The lowest BCUT2D eigenvalue weighted by Gasteiger charge is -2.30. The maximum atomic E-state index is 12.9. The summed E-state index contributed by atoms with van der Waals surface area (Å²) in [6.07, 6.45) is 8.10. The van der Waals surface area contributed by atoms with E-state index in [4.69, 9.17) is 4.74 Å². The summed E-state index contributed by atoms with van der Waals surface area (Å²) in [7, 11) is 0. The minimum absolute atomic E-state index is 0.00847. The van der Waals surface area contributed by atoms with Gasteiger partial charge in [-0.05, 0) is 49.6 Å². The topological polar surface area (TPSA) is 72.6 Å². The third-order valence-electron chi connectivity index (χ3n) is 6.08. The summed E-state index contributed by atoms with van der Waals surface area (Å²) in [4.78, 5) is 19.5. The number of rotatable bonds is 6. The molecule has 33 heavy (non-hydrogen) atoms. The second-order valence-corrected chi connectivity index (χ2v) is 8.34. The molecule has 1 aromatic carbocycles. The van der Waals surface area contributed by atoms with E-state index in [9.17, 15) is 4.79 Å². The van der Waals surface area contributed by atoms with Crippen molar-refractivity contribution in [3.63, 3.8) is 0 Å². The molecule has 4 heterocycles. The summed E-state index contributed by atoms with van der Waals surface area (Å²) in [5, 5.41) is 9.69. The standard InChI is InChI=1S/C26H27N5O2/c1-2-17-33-26-21(18-20-7-3-4-8-22(20)27-26)10-11-24(32)30-15-12-19(13-16-30)25-29-28-23-9-5-6-14-31(23)25/h3-11,14,18-19H,2,12-13,15-17H2,1H3/b11-10+. The Morgan fingerprint density at radius 3 is 2.79 bits per heavy atom. The van der Waals surface area contributed by atoms with Gasteiger partial charge in [0.05, 0.1) is 12.1 Å². The van der Waals surface area contributed by atoms with Crippen molar-refractivity contribution < 1.29 is 9.53 Å². The first-order chi connectivity index (χ1) is 16.2. The van der Waals surface area contributed by atoms with Gasteiger partial charge in [-0.3, -0.25) is 9.20 Å². The van der Waals surface area contributed by atoms with E-state index in [1.54, 1.807) is 6.08 Å². The van der Waals surface area contributed by atoms with Crippen LogP contribution in [0.15, 0.2) is 60.8 Å². The number of amides is 1. The number of likely N-dealkylation sites (tertiary alicyclic amines) is 1. The smallest absolute Gasteiger partial charge is 0.246 e. The monoisotopic (exact) mass is 441 g/mol. The average molecular weight is 442 g/mol. The Bertz CT molecular complexity index is 1300. The van der Waals surface area contributed by atoms with E-state index in [1.165, 1.54) is 0 Å². The van der Waals surface area contributed by atoms with Gasteiger partial charge in [0, 0.05) is 42.2 Å². The van der Waals surface area contributed by atoms with E-state index >= 15 is 0 Å². The highest BCUT2D eigenvalue weighted by Crippen LogP contribution is 2.28. The van der Waals surface area contributed by atoms with E-state index in [-0.39, 0.29) is 5.91 Å². The molecule has 0 bridgehead atoms. The van der Waals surface area contributed by atoms with Gasteiger partial charge in [0.1, 0.15) is 5.82 Å². The van der Waals surface area contributed by atoms with Crippen LogP contribution < -0.4 is 4.74 Å². The number of aromatic nitrogens is 4. The number of para-hydroxylation sites is 1. The highest BCUT2D eigenvalue weighted by Gasteiger charge is 2.26. The van der Waals surface area contributed by atoms with E-state index in [1.807, 2.05) is 70.1 Å². The van der Waals surface area contributed by atoms with Crippen molar-refractivity contribution in [2.24, 2.45) is 0 Å². The normalized spacial score (nSPS) is 15.0. The van der Waals surface area contributed by atoms with Crippen molar-refractivity contribution in [1.82, 2.24) is 24.5 Å². The first kappa shape index (κ1) is 21.1. The minimum Gasteiger partial charge on any atom is -0.477 e. The van der Waals surface area contributed by atoms with Gasteiger partial charge in [0.2, 0.25) is 11.8 Å². The summed E-state index contributed by atoms with van der Waals surface area (Å²) < 4.78 is 7.91. The van der Waals surface area contributed by atoms with Gasteiger partial charge in [-0.1, -0.05) is 31.2 Å². The van der Waals surface area contributed by atoms with Gasteiger partial charge in [0.15, 0.2) is 5.65 Å². The van der Waals surface area contributed by atoms with Crippen molar-refractivity contribution >= 4 is 28.5 Å². The number of nitrogens with zero attached hydrogens (tertiary/aromatic N) is 5. The molecule has 5 rings (SSSR count). The molecule has 1 fully saturated rings. The van der Waals surface area contributed by atoms with Gasteiger partial charge in [-0.2, -0.15) is 0 Å². The average Bonchev–Trinajstić information content (AvgIpc) is 3.30. The quantitative estimate of drug-likeness (QED) is 0.413. The van der Waals surface area contributed by atoms with Crippen LogP contribution in [0.25, 0.3) is 22.6 Å². The van der Waals surface area contributed by atoms with Crippen LogP contribution in [0.5, 0.6) is 5.88 Å². The zero-order chi connectivity index (χ0) is 22.6. The van der Waals surface area contributed by atoms with Crippen LogP contribution in [0.3, 0.4) is 0 Å². The molecule has 1 aliphatic heterocycles. The third-order valence-corrected chi connectivity index (χ3v) is 6.08. The molecule has 0 aliphatic carbocycles. The van der Waals surface area contributed by atoms with Crippen LogP contribution in [0.2, 0.25) is 0 Å². The summed E-state index contributed by atoms with van der Waals surface area (Å²) in [5.41, 5.74) is 2.56. The summed E-state index contributed by atoms with van der Waals surface area (Å²) in [6, 6.07) is 15.9. The summed E-state index contributed by atoms with van der Waals surface area (Å²) >= 11 is 0. The van der Waals surface area contributed by atoms with Crippen molar-refractivity contribution in [3.8, 4) is 5.88 Å². The molecule has 1 amide bonds. The fourth-order valence-electron chi connectivity index (χ4n) is 4.31. The van der Waals surface area contributed by atoms with Gasteiger partial charge in [-0.15, -0.1) is 10.2 Å². The largest absolute Gasteiger partial charge is 0.477 e. The van der Waals surface area contributed by atoms with Gasteiger partial charge >= 0.3 is 0 Å². The van der Waals surface area contributed by atoms with Crippen LogP contribution in [-0.4, -0.2) is 50.1 Å². The SMILES string of the molecule is CCCOc1nc2ccccc2cc1/C=C/C(=O)N1CCC(c2nnc3ccccn23)CC1. The fraction of sp³-hybridized carbons (Fsp3) is 0.308. The number of benzene rings is 1. The maximum absolute atomic E-state index is 12.9. The van der Waals surface area contributed by atoms with Crippen molar-refractivity contribution in [2.75, 3.05) is 19.7 Å². The molecule has 168 valence electrons. The molecule has 0 unspecified atom stereocenters. The van der Waals surface area contributed by atoms with Crippen LogP contribution in [0.4, 0.5) is 0 Å². The Morgan fingerprint density at radius 1 is 1.12 bits per heavy atom. The number of fused-ring (bicyclic) bond motifs is 2. The molecule has 0 atom stereocenters. The Kier molecular flexibility index (Phi) is 6.02. The summed E-state index contributed by atoms with van der Waals surface area (Å²) in [6.45, 7) is 4.05. The minimum atomic E-state index is 0.00847. The number of carbonyl (C=O) groups excluding carboxylic acids is 1. The molecule has 0 saturated carbocycles. The van der Waals surface area contributed by atoms with Gasteiger partial charge in [-0.25, -0.2) is 4.98 Å². The zero-order valence-corrected chi connectivity index (χ0v) is 18.7. The van der Waals surface area contributed by atoms with E-state index in [0.29, 0.717) is 31.5 Å². The number of carbonyl (C=O) groups is 1. The maximum Gasteiger partial charge on any atom is 0.246 e. The zero-order valence-electron chi connectivity index (χ0n) is 18.7. The Balaban J connectivity index is 1.28. The highest BCUT2D eigenvalue weighted by molar-refractivity contribution is 5.93. The lowest BCUT2D eigenvalue weighted by molar-refractivity contribution is -0.127. The molecule has 1 aliphatic rings. The summed E-state index contributed by atoms with van der Waals surface area (Å²) in [5.74, 6) is 1.86. The van der Waals surface area contributed by atoms with Gasteiger partial charge < -0.3 is 9.64 Å². The molecule has 0 radical (unpaired) electrons. The van der Waals surface area contributed by atoms with Crippen molar-refractivity contribution in [3.05, 3.63) is 72.2 Å². The van der Waals surface area contributed by atoms with Crippen LogP contribution in [0, 0.1) is 0 Å². The molecule has 0 spiro atoms. The predicted molar refractivity (Wildman–Crippen MR) is 128 cm³/mol. The van der Waals surface area contributed by atoms with Crippen molar-refractivity contribution in [1.29, 1.82) is 0 Å². The molecule has 3 aromatic heterocycles. The molecule has 0 N–H and O–H groups in total. The molecule has 7 nitrogen and oxygen atoms in total. The first-order valence-corrected chi connectivity index (χ1v) is 11.5. The Labute approximate surface area is 192 Å². The Hall–Kier alpha value is -3.74.